The van der Waals surface area contributed by atoms with Crippen LogP contribution in [0.2, 0.25) is 0 Å². The van der Waals surface area contributed by atoms with Crippen molar-refractivity contribution in [2.75, 3.05) is 13.2 Å². The smallest absolute Gasteiger partial charge is 0.166 e. The van der Waals surface area contributed by atoms with Crippen LogP contribution in [0, 0.1) is 23.7 Å². The first-order valence-electron chi connectivity index (χ1n) is 9.24. The van der Waals surface area contributed by atoms with Gasteiger partial charge in [-0.05, 0) is 49.2 Å². The predicted molar refractivity (Wildman–Crippen MR) is 115 cm³/mol. The first-order chi connectivity index (χ1) is 14.2. The molecule has 0 unspecified atom stereocenters. The number of H-pyrrole nitrogens is 1. The number of nitriles is 1. The van der Waals surface area contributed by atoms with E-state index in [1.807, 2.05) is 43.3 Å². The molecule has 1 aromatic heterocycles. The van der Waals surface area contributed by atoms with Gasteiger partial charge in [0, 0.05) is 5.56 Å². The molecule has 3 rings (SSSR count). The zero-order valence-corrected chi connectivity index (χ0v) is 16.2. The quantitative estimate of drug-likeness (QED) is 0.346. The maximum atomic E-state index is 9.71. The van der Waals surface area contributed by atoms with Crippen molar-refractivity contribution in [1.82, 2.24) is 9.97 Å². The van der Waals surface area contributed by atoms with E-state index in [1.165, 1.54) is 0 Å². The van der Waals surface area contributed by atoms with Crippen molar-refractivity contribution in [3.05, 3.63) is 66.0 Å². The first kappa shape index (κ1) is 19.8. The number of nitrogens with zero attached hydrogens (tertiary/aromatic N) is 2. The maximum absolute atomic E-state index is 9.71. The van der Waals surface area contributed by atoms with Gasteiger partial charge < -0.3 is 14.5 Å². The number of hydrogen-bond acceptors (Lipinski definition) is 4. The van der Waals surface area contributed by atoms with Crippen LogP contribution >= 0.6 is 0 Å². The van der Waals surface area contributed by atoms with Gasteiger partial charge in [-0.25, -0.2) is 4.98 Å². The van der Waals surface area contributed by atoms with Crippen molar-refractivity contribution < 1.29 is 9.47 Å². The lowest BCUT2D eigenvalue weighted by atomic mass is 10.0. The summed E-state index contributed by atoms with van der Waals surface area (Å²) in [5, 5.41) is 9.71. The lowest BCUT2D eigenvalue weighted by Gasteiger charge is -2.15. The highest BCUT2D eigenvalue weighted by Gasteiger charge is 2.14. The van der Waals surface area contributed by atoms with Crippen molar-refractivity contribution in [2.24, 2.45) is 0 Å². The van der Waals surface area contributed by atoms with Gasteiger partial charge in [-0.3, -0.25) is 0 Å². The summed E-state index contributed by atoms with van der Waals surface area (Å²) in [6, 6.07) is 13.7. The molecule has 2 aromatic carbocycles. The zero-order valence-electron chi connectivity index (χ0n) is 16.2. The number of terminal acetylenes is 1. The number of ether oxygens (including phenoxy) is 2. The van der Waals surface area contributed by atoms with Gasteiger partial charge in [0.2, 0.25) is 0 Å². The Kier molecular flexibility index (Phi) is 6.35. The molecule has 0 amide bonds. The average Bonchev–Trinajstić information content (AvgIpc) is 3.16. The summed E-state index contributed by atoms with van der Waals surface area (Å²) < 4.78 is 11.5. The van der Waals surface area contributed by atoms with Gasteiger partial charge >= 0.3 is 0 Å². The lowest BCUT2D eigenvalue weighted by Crippen LogP contribution is -2.03. The molecule has 0 aliphatic rings. The summed E-state index contributed by atoms with van der Waals surface area (Å²) in [6.45, 7) is 6.33. The number of aromatic nitrogens is 2. The highest BCUT2D eigenvalue weighted by atomic mass is 16.5. The molecule has 1 N–H and O–H groups in total. The van der Waals surface area contributed by atoms with Crippen molar-refractivity contribution in [1.29, 1.82) is 5.26 Å². The fourth-order valence-electron chi connectivity index (χ4n) is 3.02. The number of benzene rings is 2. The highest BCUT2D eigenvalue weighted by molar-refractivity contribution is 5.90. The summed E-state index contributed by atoms with van der Waals surface area (Å²) in [5.74, 6) is 4.17. The number of allylic oxidation sites excluding steroid dienone is 2. The minimum atomic E-state index is 0.141. The number of aromatic amines is 1. The Morgan fingerprint density at radius 2 is 2.14 bits per heavy atom. The Balaban J connectivity index is 2.08. The van der Waals surface area contributed by atoms with Crippen LogP contribution in [0.5, 0.6) is 11.5 Å². The molecule has 29 heavy (non-hydrogen) atoms. The normalized spacial score (nSPS) is 10.9. The molecule has 0 saturated heterocycles. The van der Waals surface area contributed by atoms with Crippen LogP contribution in [0.3, 0.4) is 0 Å². The summed E-state index contributed by atoms with van der Waals surface area (Å²) in [5.41, 5.74) is 3.79. The molecule has 0 atom stereocenters. The van der Waals surface area contributed by atoms with Crippen molar-refractivity contribution in [2.45, 2.75) is 13.3 Å². The van der Waals surface area contributed by atoms with E-state index in [9.17, 15) is 5.26 Å². The Hall–Kier alpha value is -3.96. The summed E-state index contributed by atoms with van der Waals surface area (Å²) >= 11 is 0. The summed E-state index contributed by atoms with van der Waals surface area (Å²) in [7, 11) is 0. The molecule has 0 fully saturated rings. The van der Waals surface area contributed by atoms with E-state index in [0.29, 0.717) is 35.9 Å². The molecule has 5 heteroatoms. The minimum Gasteiger partial charge on any atom is -0.490 e. The summed E-state index contributed by atoms with van der Waals surface area (Å²) in [4.78, 5) is 7.70. The SMILES string of the molecule is C#CCOc1c(CC=C)cc(/C=C(\C#N)c2nc3ccccc3[nH]2)cc1OCC. The van der Waals surface area contributed by atoms with Crippen LogP contribution in [0.25, 0.3) is 22.7 Å². The molecular formula is C24H21N3O2. The van der Waals surface area contributed by atoms with Gasteiger partial charge in [0.15, 0.2) is 11.5 Å². The third-order valence-corrected chi connectivity index (χ3v) is 4.19. The minimum absolute atomic E-state index is 0.141. The second-order valence-corrected chi connectivity index (χ2v) is 6.20. The van der Waals surface area contributed by atoms with Crippen LogP contribution in [0.15, 0.2) is 49.1 Å². The van der Waals surface area contributed by atoms with Gasteiger partial charge in [0.1, 0.15) is 18.5 Å². The molecule has 5 nitrogen and oxygen atoms in total. The molecule has 3 aromatic rings. The Labute approximate surface area is 170 Å². The third-order valence-electron chi connectivity index (χ3n) is 4.19. The lowest BCUT2D eigenvalue weighted by molar-refractivity contribution is 0.297. The number of nitrogens with one attached hydrogen (secondary N) is 1. The van der Waals surface area contributed by atoms with Crippen LogP contribution in [-0.4, -0.2) is 23.2 Å². The molecule has 0 saturated carbocycles. The van der Waals surface area contributed by atoms with Gasteiger partial charge in [-0.2, -0.15) is 5.26 Å². The Morgan fingerprint density at radius 3 is 2.83 bits per heavy atom. The molecule has 0 aliphatic heterocycles. The fraction of sp³-hybridized carbons (Fsp3) is 0.167. The number of imidazole rings is 1. The Bertz CT molecular complexity index is 1110. The molecule has 0 radical (unpaired) electrons. The molecule has 0 spiro atoms. The van der Waals surface area contributed by atoms with E-state index < -0.39 is 0 Å². The first-order valence-corrected chi connectivity index (χ1v) is 9.24. The Morgan fingerprint density at radius 1 is 1.31 bits per heavy atom. The second-order valence-electron chi connectivity index (χ2n) is 6.20. The van der Waals surface area contributed by atoms with E-state index in [2.05, 4.69) is 28.5 Å². The molecule has 0 bridgehead atoms. The standard InChI is InChI=1S/C24H21N3O2/c1-4-9-18-13-17(15-22(28-6-3)23(18)29-12-5-2)14-19(16-25)24-26-20-10-7-8-11-21(20)27-24/h2,4,7-8,10-11,13-15H,1,6,9,12H2,3H3,(H,26,27)/b19-14+. The van der Waals surface area contributed by atoms with Crippen LogP contribution in [-0.2, 0) is 6.42 Å². The average molecular weight is 383 g/mol. The third kappa shape index (κ3) is 4.48. The number of fused-ring (bicyclic) bond motifs is 1. The van der Waals surface area contributed by atoms with E-state index >= 15 is 0 Å². The molecule has 144 valence electrons. The monoisotopic (exact) mass is 383 g/mol. The molecule has 1 heterocycles. The van der Waals surface area contributed by atoms with Crippen LogP contribution in [0.1, 0.15) is 23.9 Å². The van der Waals surface area contributed by atoms with Gasteiger partial charge in [0.05, 0.1) is 23.2 Å². The van der Waals surface area contributed by atoms with Gasteiger partial charge in [-0.15, -0.1) is 13.0 Å². The van der Waals surface area contributed by atoms with E-state index in [-0.39, 0.29) is 6.61 Å². The number of rotatable bonds is 8. The van der Waals surface area contributed by atoms with E-state index in [1.54, 1.807) is 12.2 Å². The number of para-hydroxylation sites is 2. The fourth-order valence-corrected chi connectivity index (χ4v) is 3.02. The zero-order chi connectivity index (χ0) is 20.6. The second kappa shape index (κ2) is 9.30. The van der Waals surface area contributed by atoms with Crippen molar-refractivity contribution in [3.8, 4) is 29.9 Å². The topological polar surface area (TPSA) is 70.9 Å². The van der Waals surface area contributed by atoms with E-state index in [4.69, 9.17) is 15.9 Å². The van der Waals surface area contributed by atoms with Crippen LogP contribution in [0.4, 0.5) is 0 Å². The molecular weight excluding hydrogens is 362 g/mol. The van der Waals surface area contributed by atoms with Gasteiger partial charge in [-0.1, -0.05) is 24.1 Å². The van der Waals surface area contributed by atoms with E-state index in [0.717, 1.165) is 22.2 Å². The predicted octanol–water partition coefficient (Wildman–Crippen LogP) is 4.77. The van der Waals surface area contributed by atoms with Gasteiger partial charge in [0.25, 0.3) is 0 Å². The highest BCUT2D eigenvalue weighted by Crippen LogP contribution is 2.35. The van der Waals surface area contributed by atoms with Crippen molar-refractivity contribution >= 4 is 22.7 Å². The summed E-state index contributed by atoms with van der Waals surface area (Å²) in [6.07, 6.45) is 9.48. The number of hydrogen-bond donors (Lipinski definition) is 1. The van der Waals surface area contributed by atoms with Crippen molar-refractivity contribution in [3.63, 3.8) is 0 Å². The molecule has 0 aliphatic carbocycles. The maximum Gasteiger partial charge on any atom is 0.166 e. The van der Waals surface area contributed by atoms with Crippen LogP contribution < -0.4 is 9.47 Å². The largest absolute Gasteiger partial charge is 0.490 e.